The van der Waals surface area contributed by atoms with Gasteiger partial charge in [0.2, 0.25) is 11.8 Å². The number of aliphatic hydroxyl groups is 1. The molecule has 0 aliphatic carbocycles. The SMILES string of the molecule is CC(C)C(=O)Nc1cnc2c(c1)N(S(=O)(=O)c1cccc(Cl)c1)C[C@H](CO)O2. The van der Waals surface area contributed by atoms with Gasteiger partial charge in [0.25, 0.3) is 10.0 Å². The number of nitrogens with one attached hydrogen (secondary N) is 1. The molecule has 1 aliphatic rings. The van der Waals surface area contributed by atoms with Crippen molar-refractivity contribution < 1.29 is 23.1 Å². The van der Waals surface area contributed by atoms with Gasteiger partial charge in [-0.3, -0.25) is 9.10 Å². The molecule has 0 saturated carbocycles. The molecule has 1 aliphatic heterocycles. The molecular weight excluding hydrogens is 406 g/mol. The summed E-state index contributed by atoms with van der Waals surface area (Å²) in [5.74, 6) is -0.424. The number of rotatable bonds is 5. The number of carbonyl (C=O) groups is 1. The van der Waals surface area contributed by atoms with E-state index in [0.29, 0.717) is 5.69 Å². The Kier molecular flexibility index (Phi) is 5.78. The van der Waals surface area contributed by atoms with Crippen LogP contribution in [0.15, 0.2) is 41.4 Å². The summed E-state index contributed by atoms with van der Waals surface area (Å²) in [6.45, 7) is 2.99. The number of hydrogen-bond acceptors (Lipinski definition) is 6. The van der Waals surface area contributed by atoms with Crippen molar-refractivity contribution >= 4 is 38.9 Å². The first-order valence-corrected chi connectivity index (χ1v) is 10.4. The minimum atomic E-state index is -4.00. The topological polar surface area (TPSA) is 109 Å². The van der Waals surface area contributed by atoms with Crippen LogP contribution < -0.4 is 14.4 Å². The van der Waals surface area contributed by atoms with Crippen LogP contribution in [0, 0.1) is 5.92 Å². The highest BCUT2D eigenvalue weighted by atomic mass is 35.5. The van der Waals surface area contributed by atoms with Gasteiger partial charge in [-0.1, -0.05) is 31.5 Å². The number of pyridine rings is 1. The number of fused-ring (bicyclic) bond motifs is 1. The average Bonchev–Trinajstić information content (AvgIpc) is 2.66. The first-order valence-electron chi connectivity index (χ1n) is 8.59. The summed E-state index contributed by atoms with van der Waals surface area (Å²) < 4.78 is 33.1. The molecule has 2 N–H and O–H groups in total. The quantitative estimate of drug-likeness (QED) is 0.760. The second kappa shape index (κ2) is 7.94. The molecule has 10 heteroatoms. The molecule has 8 nitrogen and oxygen atoms in total. The van der Waals surface area contributed by atoms with E-state index in [1.165, 1.54) is 30.5 Å². The summed E-state index contributed by atoms with van der Waals surface area (Å²) in [6.07, 6.45) is 0.605. The largest absolute Gasteiger partial charge is 0.468 e. The molecule has 0 fully saturated rings. The minimum absolute atomic E-state index is 0.00107. The fraction of sp³-hybridized carbons (Fsp3) is 0.333. The van der Waals surface area contributed by atoms with Gasteiger partial charge in [-0.2, -0.15) is 0 Å². The molecule has 0 unspecified atom stereocenters. The van der Waals surface area contributed by atoms with Crippen LogP contribution in [-0.2, 0) is 14.8 Å². The van der Waals surface area contributed by atoms with Crippen LogP contribution in [0.4, 0.5) is 11.4 Å². The van der Waals surface area contributed by atoms with E-state index < -0.39 is 16.1 Å². The first kappa shape index (κ1) is 20.4. The molecule has 0 radical (unpaired) electrons. The lowest BCUT2D eigenvalue weighted by atomic mass is 10.2. The van der Waals surface area contributed by atoms with Crippen LogP contribution in [0.1, 0.15) is 13.8 Å². The van der Waals surface area contributed by atoms with Gasteiger partial charge in [-0.25, -0.2) is 13.4 Å². The fourth-order valence-corrected chi connectivity index (χ4v) is 4.41. The number of aromatic nitrogens is 1. The van der Waals surface area contributed by atoms with Crippen molar-refractivity contribution in [2.24, 2.45) is 5.92 Å². The minimum Gasteiger partial charge on any atom is -0.468 e. The van der Waals surface area contributed by atoms with Crippen LogP contribution in [0.25, 0.3) is 0 Å². The van der Waals surface area contributed by atoms with E-state index in [4.69, 9.17) is 16.3 Å². The maximum atomic E-state index is 13.2. The van der Waals surface area contributed by atoms with E-state index >= 15 is 0 Å². The predicted molar refractivity (Wildman–Crippen MR) is 105 cm³/mol. The number of ether oxygens (including phenoxy) is 1. The number of amides is 1. The highest BCUT2D eigenvalue weighted by Gasteiger charge is 2.35. The number of halogens is 1. The fourth-order valence-electron chi connectivity index (χ4n) is 2.62. The Labute approximate surface area is 168 Å². The smallest absolute Gasteiger partial charge is 0.264 e. The Hall–Kier alpha value is -2.36. The van der Waals surface area contributed by atoms with Crippen molar-refractivity contribution in [1.82, 2.24) is 4.98 Å². The van der Waals surface area contributed by atoms with Crippen molar-refractivity contribution in [3.8, 4) is 5.88 Å². The molecule has 2 heterocycles. The third-order valence-electron chi connectivity index (χ3n) is 4.13. The summed E-state index contributed by atoms with van der Waals surface area (Å²) in [5, 5.41) is 12.5. The number of hydrogen-bond donors (Lipinski definition) is 2. The van der Waals surface area contributed by atoms with Gasteiger partial charge in [-0.15, -0.1) is 0 Å². The summed E-state index contributed by atoms with van der Waals surface area (Å²) in [6, 6.07) is 7.38. The Balaban J connectivity index is 2.06. The average molecular weight is 426 g/mol. The van der Waals surface area contributed by atoms with Crippen LogP contribution in [-0.4, -0.2) is 43.7 Å². The zero-order valence-electron chi connectivity index (χ0n) is 15.3. The lowest BCUT2D eigenvalue weighted by Crippen LogP contribution is -2.45. The normalized spacial score (nSPS) is 16.5. The van der Waals surface area contributed by atoms with Gasteiger partial charge in [0.05, 0.1) is 29.9 Å². The number of sulfonamides is 1. The third kappa shape index (κ3) is 4.06. The molecule has 1 amide bonds. The van der Waals surface area contributed by atoms with Crippen LogP contribution in [0.2, 0.25) is 5.02 Å². The molecule has 0 spiro atoms. The molecule has 150 valence electrons. The first-order chi connectivity index (χ1) is 13.2. The van der Waals surface area contributed by atoms with Gasteiger partial charge >= 0.3 is 0 Å². The zero-order chi connectivity index (χ0) is 20.5. The summed E-state index contributed by atoms with van der Waals surface area (Å²) in [4.78, 5) is 16.1. The molecule has 3 rings (SSSR count). The Morgan fingerprint density at radius 1 is 1.43 bits per heavy atom. The molecule has 28 heavy (non-hydrogen) atoms. The number of anilines is 2. The maximum Gasteiger partial charge on any atom is 0.264 e. The van der Waals surface area contributed by atoms with E-state index in [-0.39, 0.29) is 46.5 Å². The lowest BCUT2D eigenvalue weighted by molar-refractivity contribution is -0.118. The Morgan fingerprint density at radius 3 is 2.82 bits per heavy atom. The van der Waals surface area contributed by atoms with Crippen molar-refractivity contribution in [3.05, 3.63) is 41.6 Å². The van der Waals surface area contributed by atoms with E-state index in [1.54, 1.807) is 19.9 Å². The van der Waals surface area contributed by atoms with Crippen molar-refractivity contribution in [2.75, 3.05) is 22.8 Å². The summed E-state index contributed by atoms with van der Waals surface area (Å²) in [5.41, 5.74) is 0.515. The van der Waals surface area contributed by atoms with E-state index in [9.17, 15) is 18.3 Å². The monoisotopic (exact) mass is 425 g/mol. The van der Waals surface area contributed by atoms with Gasteiger partial charge in [0.1, 0.15) is 11.8 Å². The number of carbonyl (C=O) groups excluding carboxylic acids is 1. The van der Waals surface area contributed by atoms with E-state index in [1.807, 2.05) is 0 Å². The molecule has 1 aromatic carbocycles. The summed E-state index contributed by atoms with van der Waals surface area (Å²) in [7, 11) is -4.00. The molecular formula is C18H20ClN3O5S. The summed E-state index contributed by atoms with van der Waals surface area (Å²) >= 11 is 5.95. The number of aliphatic hydroxyl groups excluding tert-OH is 1. The molecule has 1 aromatic heterocycles. The van der Waals surface area contributed by atoms with Crippen molar-refractivity contribution in [3.63, 3.8) is 0 Å². The van der Waals surface area contributed by atoms with E-state index in [0.717, 1.165) is 4.31 Å². The number of benzene rings is 1. The molecule has 0 bridgehead atoms. The van der Waals surface area contributed by atoms with Crippen molar-refractivity contribution in [1.29, 1.82) is 0 Å². The van der Waals surface area contributed by atoms with Gasteiger partial charge < -0.3 is 15.2 Å². The van der Waals surface area contributed by atoms with Crippen LogP contribution in [0.3, 0.4) is 0 Å². The highest BCUT2D eigenvalue weighted by molar-refractivity contribution is 7.92. The predicted octanol–water partition coefficient (Wildman–Crippen LogP) is 2.28. The number of nitrogens with zero attached hydrogens (tertiary/aromatic N) is 2. The van der Waals surface area contributed by atoms with Crippen molar-refractivity contribution in [2.45, 2.75) is 24.8 Å². The Bertz CT molecular complexity index is 996. The Morgan fingerprint density at radius 2 is 2.18 bits per heavy atom. The molecule has 2 aromatic rings. The van der Waals surface area contributed by atoms with Crippen LogP contribution in [0.5, 0.6) is 5.88 Å². The van der Waals surface area contributed by atoms with Gasteiger partial charge in [-0.05, 0) is 24.3 Å². The van der Waals surface area contributed by atoms with Crippen LogP contribution >= 0.6 is 11.6 Å². The third-order valence-corrected chi connectivity index (χ3v) is 6.14. The lowest BCUT2D eigenvalue weighted by Gasteiger charge is -2.34. The molecule has 1 atom stereocenters. The second-order valence-corrected chi connectivity index (χ2v) is 8.91. The van der Waals surface area contributed by atoms with Gasteiger partial charge in [0, 0.05) is 10.9 Å². The zero-order valence-corrected chi connectivity index (χ0v) is 16.9. The standard InChI is InChI=1S/C18H20ClN3O5S/c1-11(2)17(24)21-13-7-16-18(20-8-13)27-14(10-23)9-22(16)28(25,26)15-5-3-4-12(19)6-15/h3-8,11,14,23H,9-10H2,1-2H3,(H,21,24)/t14-/m1/s1. The molecule has 0 saturated heterocycles. The second-order valence-electron chi connectivity index (χ2n) is 6.61. The van der Waals surface area contributed by atoms with Gasteiger partial charge in [0.15, 0.2) is 0 Å². The van der Waals surface area contributed by atoms with E-state index in [2.05, 4.69) is 10.3 Å². The highest BCUT2D eigenvalue weighted by Crippen LogP contribution is 2.37. The maximum absolute atomic E-state index is 13.2.